The summed E-state index contributed by atoms with van der Waals surface area (Å²) in [4.78, 5) is 4.61. The Balaban J connectivity index is 1.71. The van der Waals surface area contributed by atoms with Crippen molar-refractivity contribution in [2.24, 2.45) is 4.99 Å². The zero-order valence-corrected chi connectivity index (χ0v) is 15.1. The van der Waals surface area contributed by atoms with Crippen molar-refractivity contribution < 1.29 is 13.9 Å². The summed E-state index contributed by atoms with van der Waals surface area (Å²) in [6.07, 6.45) is 0. The number of ether oxygens (including phenoxy) is 2. The summed E-state index contributed by atoms with van der Waals surface area (Å²) in [5, 5.41) is 6.46. The Hall–Kier alpha value is -2.60. The van der Waals surface area contributed by atoms with Crippen LogP contribution in [0.1, 0.15) is 29.2 Å². The van der Waals surface area contributed by atoms with Crippen molar-refractivity contribution in [1.29, 1.82) is 0 Å². The van der Waals surface area contributed by atoms with Crippen LogP contribution < -0.4 is 15.4 Å². The zero-order valence-electron chi connectivity index (χ0n) is 15.1. The van der Waals surface area contributed by atoms with Crippen LogP contribution in [0.25, 0.3) is 0 Å². The number of hydrogen-bond donors (Lipinski definition) is 2. The molecule has 0 saturated heterocycles. The Kier molecular flexibility index (Phi) is 6.07. The Bertz CT molecular complexity index is 793. The molecule has 0 spiro atoms. The molecule has 5 nitrogen and oxygen atoms in total. The fourth-order valence-electron chi connectivity index (χ4n) is 2.89. The third-order valence-corrected chi connectivity index (χ3v) is 4.04. The number of aliphatic imine (C=N–C) groups is 1. The third kappa shape index (κ3) is 4.73. The molecule has 0 aromatic heterocycles. The molecule has 0 radical (unpaired) electrons. The molecule has 2 aromatic rings. The highest BCUT2D eigenvalue weighted by Gasteiger charge is 2.17. The van der Waals surface area contributed by atoms with E-state index in [0.717, 1.165) is 23.2 Å². The Labute approximate surface area is 153 Å². The maximum absolute atomic E-state index is 13.9. The molecule has 0 unspecified atom stereocenters. The molecule has 1 aliphatic heterocycles. The van der Waals surface area contributed by atoms with Gasteiger partial charge in [-0.1, -0.05) is 29.8 Å². The summed E-state index contributed by atoms with van der Waals surface area (Å²) in [6, 6.07) is 11.2. The number of nitrogens with one attached hydrogen (secondary N) is 2. The lowest BCUT2D eigenvalue weighted by molar-refractivity contribution is -0.0172. The van der Waals surface area contributed by atoms with E-state index in [4.69, 9.17) is 9.47 Å². The average molecular weight is 357 g/mol. The Morgan fingerprint density at radius 3 is 2.92 bits per heavy atom. The first-order chi connectivity index (χ1) is 12.7. The van der Waals surface area contributed by atoms with Crippen LogP contribution in [-0.4, -0.2) is 19.3 Å². The molecule has 3 rings (SSSR count). The second-order valence-electron chi connectivity index (χ2n) is 6.20. The van der Waals surface area contributed by atoms with Gasteiger partial charge in [0.25, 0.3) is 0 Å². The van der Waals surface area contributed by atoms with E-state index < -0.39 is 0 Å². The largest absolute Gasteiger partial charge is 0.467 e. The van der Waals surface area contributed by atoms with Gasteiger partial charge in [-0.05, 0) is 31.5 Å². The molecule has 138 valence electrons. The summed E-state index contributed by atoms with van der Waals surface area (Å²) in [5.41, 5.74) is 3.84. The smallest absolute Gasteiger partial charge is 0.191 e. The van der Waals surface area contributed by atoms with Crippen molar-refractivity contribution in [2.45, 2.75) is 33.5 Å². The van der Waals surface area contributed by atoms with E-state index in [1.54, 1.807) is 0 Å². The van der Waals surface area contributed by atoms with Gasteiger partial charge in [0.1, 0.15) is 11.6 Å². The van der Waals surface area contributed by atoms with Gasteiger partial charge in [-0.2, -0.15) is 0 Å². The van der Waals surface area contributed by atoms with Gasteiger partial charge in [0, 0.05) is 24.2 Å². The molecule has 2 aromatic carbocycles. The van der Waals surface area contributed by atoms with Crippen molar-refractivity contribution in [2.75, 3.05) is 13.3 Å². The monoisotopic (exact) mass is 357 g/mol. The van der Waals surface area contributed by atoms with E-state index in [9.17, 15) is 4.39 Å². The molecule has 2 N–H and O–H groups in total. The summed E-state index contributed by atoms with van der Waals surface area (Å²) in [7, 11) is 0. The van der Waals surface area contributed by atoms with Crippen molar-refractivity contribution >= 4 is 5.96 Å². The number of guanidine groups is 1. The minimum Gasteiger partial charge on any atom is -0.467 e. The lowest BCUT2D eigenvalue weighted by Gasteiger charge is -2.21. The quantitative estimate of drug-likeness (QED) is 0.637. The van der Waals surface area contributed by atoms with Gasteiger partial charge in [-0.3, -0.25) is 0 Å². The highest BCUT2D eigenvalue weighted by Crippen LogP contribution is 2.29. The van der Waals surface area contributed by atoms with Gasteiger partial charge in [-0.15, -0.1) is 0 Å². The second-order valence-corrected chi connectivity index (χ2v) is 6.20. The van der Waals surface area contributed by atoms with Gasteiger partial charge in [-0.25, -0.2) is 9.38 Å². The van der Waals surface area contributed by atoms with Crippen LogP contribution in [-0.2, 0) is 24.4 Å². The first-order valence-corrected chi connectivity index (χ1v) is 8.75. The first kappa shape index (κ1) is 18.2. The van der Waals surface area contributed by atoms with Crippen LogP contribution in [0, 0.1) is 12.7 Å². The number of rotatable bonds is 5. The molecule has 0 amide bonds. The maximum Gasteiger partial charge on any atom is 0.191 e. The van der Waals surface area contributed by atoms with Gasteiger partial charge in [0.15, 0.2) is 12.8 Å². The van der Waals surface area contributed by atoms with Crippen LogP contribution in [0.3, 0.4) is 0 Å². The lowest BCUT2D eigenvalue weighted by Crippen LogP contribution is -2.37. The molecule has 0 atom stereocenters. The molecule has 26 heavy (non-hydrogen) atoms. The number of aryl methyl sites for hydroxylation is 1. The number of hydrogen-bond acceptors (Lipinski definition) is 3. The average Bonchev–Trinajstić information content (AvgIpc) is 2.63. The summed E-state index contributed by atoms with van der Waals surface area (Å²) in [6.45, 7) is 6.35. The molecule has 0 aliphatic carbocycles. The summed E-state index contributed by atoms with van der Waals surface area (Å²) < 4.78 is 24.6. The van der Waals surface area contributed by atoms with E-state index in [-0.39, 0.29) is 12.6 Å². The number of halogens is 1. The van der Waals surface area contributed by atoms with Crippen LogP contribution in [0.2, 0.25) is 0 Å². The Morgan fingerprint density at radius 2 is 2.12 bits per heavy atom. The second kappa shape index (κ2) is 8.67. The first-order valence-electron chi connectivity index (χ1n) is 8.75. The van der Waals surface area contributed by atoms with Crippen LogP contribution in [0.15, 0.2) is 41.4 Å². The van der Waals surface area contributed by atoms with Crippen LogP contribution in [0.5, 0.6) is 5.75 Å². The minimum absolute atomic E-state index is 0.188. The molecule has 0 bridgehead atoms. The number of nitrogens with zero attached hydrogens (tertiary/aromatic N) is 1. The Morgan fingerprint density at radius 1 is 1.23 bits per heavy atom. The molecule has 1 heterocycles. The molecule has 1 aliphatic rings. The van der Waals surface area contributed by atoms with Crippen molar-refractivity contribution in [3.8, 4) is 5.75 Å². The molecular formula is C20H24FN3O2. The van der Waals surface area contributed by atoms with Crippen molar-refractivity contribution in [3.63, 3.8) is 0 Å². The summed E-state index contributed by atoms with van der Waals surface area (Å²) >= 11 is 0. The van der Waals surface area contributed by atoms with Crippen molar-refractivity contribution in [1.82, 2.24) is 10.6 Å². The van der Waals surface area contributed by atoms with Gasteiger partial charge >= 0.3 is 0 Å². The van der Waals surface area contributed by atoms with Gasteiger partial charge in [0.2, 0.25) is 0 Å². The van der Waals surface area contributed by atoms with Crippen LogP contribution >= 0.6 is 0 Å². The van der Waals surface area contributed by atoms with Gasteiger partial charge in [0.05, 0.1) is 13.2 Å². The lowest BCUT2D eigenvalue weighted by atomic mass is 10.1. The molecular weight excluding hydrogens is 333 g/mol. The maximum atomic E-state index is 13.9. The van der Waals surface area contributed by atoms with E-state index in [0.29, 0.717) is 31.4 Å². The highest BCUT2D eigenvalue weighted by atomic mass is 19.1. The summed E-state index contributed by atoms with van der Waals surface area (Å²) in [5.74, 6) is 1.08. The van der Waals surface area contributed by atoms with Crippen molar-refractivity contribution in [3.05, 3.63) is 64.5 Å². The highest BCUT2D eigenvalue weighted by molar-refractivity contribution is 5.79. The predicted octanol–water partition coefficient (Wildman–Crippen LogP) is 3.26. The fourth-order valence-corrected chi connectivity index (χ4v) is 2.89. The number of benzene rings is 2. The SMILES string of the molecule is CCNC(=NCc1cccc(C)c1)NCc1cc(F)cc2c1OCOC2. The topological polar surface area (TPSA) is 54.9 Å². The molecule has 0 fully saturated rings. The fraction of sp³-hybridized carbons (Fsp3) is 0.350. The number of fused-ring (bicyclic) bond motifs is 1. The van der Waals surface area contributed by atoms with E-state index >= 15 is 0 Å². The zero-order chi connectivity index (χ0) is 18.4. The minimum atomic E-state index is -0.295. The predicted molar refractivity (Wildman–Crippen MR) is 99.5 cm³/mol. The van der Waals surface area contributed by atoms with E-state index in [1.165, 1.54) is 17.7 Å². The molecule has 6 heteroatoms. The standard InChI is InChI=1S/C20H24FN3O2/c1-3-22-20(23-10-15-6-4-5-14(2)7-15)24-11-16-8-18(21)9-17-12-25-13-26-19(16)17/h4-9H,3,10-13H2,1-2H3,(H2,22,23,24). The molecule has 0 saturated carbocycles. The normalized spacial score (nSPS) is 13.7. The van der Waals surface area contributed by atoms with Gasteiger partial charge < -0.3 is 20.1 Å². The van der Waals surface area contributed by atoms with Crippen LogP contribution in [0.4, 0.5) is 4.39 Å². The van der Waals surface area contributed by atoms with E-state index in [1.807, 2.05) is 13.0 Å². The van der Waals surface area contributed by atoms with E-state index in [2.05, 4.69) is 40.7 Å². The third-order valence-electron chi connectivity index (χ3n) is 4.04.